The number of hydrogen-bond acceptors (Lipinski definition) is 4. The largest absolute Gasteiger partial charge is 0.466 e. The highest BCUT2D eigenvalue weighted by Gasteiger charge is 2.11. The summed E-state index contributed by atoms with van der Waals surface area (Å²) in [6.45, 7) is 1.22. The van der Waals surface area contributed by atoms with Crippen molar-refractivity contribution in [1.82, 2.24) is 0 Å². The highest BCUT2D eigenvalue weighted by atomic mass is 16.5. The van der Waals surface area contributed by atoms with E-state index < -0.39 is 12.1 Å². The number of aliphatic hydroxyl groups is 1. The van der Waals surface area contributed by atoms with Crippen LogP contribution in [0.5, 0.6) is 0 Å². The molecule has 0 radical (unpaired) electrons. The van der Waals surface area contributed by atoms with Gasteiger partial charge in [0.25, 0.3) is 0 Å². The first-order valence-electron chi connectivity index (χ1n) is 3.55. The Kier molecular flexibility index (Phi) is 2.88. The molecule has 0 spiro atoms. The second kappa shape index (κ2) is 3.92. The maximum atomic E-state index is 10.4. The van der Waals surface area contributed by atoms with E-state index in [4.69, 9.17) is 4.42 Å². The van der Waals surface area contributed by atoms with Gasteiger partial charge < -0.3 is 14.3 Å². The molecule has 0 aliphatic carbocycles. The van der Waals surface area contributed by atoms with Gasteiger partial charge in [0.1, 0.15) is 18.5 Å². The van der Waals surface area contributed by atoms with Crippen LogP contribution in [0.1, 0.15) is 18.8 Å². The minimum atomic E-state index is -0.871. The van der Waals surface area contributed by atoms with Crippen LogP contribution in [0.25, 0.3) is 0 Å². The number of rotatable bonds is 3. The monoisotopic (exact) mass is 170 g/mol. The highest BCUT2D eigenvalue weighted by Crippen LogP contribution is 2.12. The van der Waals surface area contributed by atoms with E-state index in [1.165, 1.54) is 13.2 Å². The Hall–Kier alpha value is -1.29. The smallest absolute Gasteiger partial charge is 0.302 e. The fourth-order valence-electron chi connectivity index (χ4n) is 0.759. The Balaban J connectivity index is 2.39. The van der Waals surface area contributed by atoms with E-state index in [-0.39, 0.29) is 6.61 Å². The predicted molar refractivity (Wildman–Crippen MR) is 40.3 cm³/mol. The van der Waals surface area contributed by atoms with Crippen molar-refractivity contribution in [3.63, 3.8) is 0 Å². The molecule has 4 heteroatoms. The van der Waals surface area contributed by atoms with Gasteiger partial charge in [-0.05, 0) is 12.1 Å². The van der Waals surface area contributed by atoms with E-state index in [1.807, 2.05) is 0 Å². The lowest BCUT2D eigenvalue weighted by molar-refractivity contribution is -0.144. The van der Waals surface area contributed by atoms with Gasteiger partial charge in [0.05, 0.1) is 6.26 Å². The number of ether oxygens (including phenoxy) is 1. The van der Waals surface area contributed by atoms with E-state index in [0.29, 0.717) is 5.76 Å². The molecule has 0 aliphatic rings. The average molecular weight is 170 g/mol. The topological polar surface area (TPSA) is 59.7 Å². The van der Waals surface area contributed by atoms with Gasteiger partial charge in [0.2, 0.25) is 0 Å². The second-order valence-corrected chi connectivity index (χ2v) is 2.33. The molecular weight excluding hydrogens is 160 g/mol. The van der Waals surface area contributed by atoms with Gasteiger partial charge in [-0.2, -0.15) is 0 Å². The van der Waals surface area contributed by atoms with Crippen LogP contribution < -0.4 is 0 Å². The van der Waals surface area contributed by atoms with Crippen molar-refractivity contribution >= 4 is 5.97 Å². The van der Waals surface area contributed by atoms with Crippen molar-refractivity contribution in [2.24, 2.45) is 0 Å². The fourth-order valence-corrected chi connectivity index (χ4v) is 0.759. The van der Waals surface area contributed by atoms with Crippen LogP contribution >= 0.6 is 0 Å². The van der Waals surface area contributed by atoms with Crippen molar-refractivity contribution in [1.29, 1.82) is 0 Å². The van der Waals surface area contributed by atoms with Gasteiger partial charge in [-0.15, -0.1) is 0 Å². The van der Waals surface area contributed by atoms with Gasteiger partial charge >= 0.3 is 5.97 Å². The van der Waals surface area contributed by atoms with Gasteiger partial charge in [-0.25, -0.2) is 0 Å². The van der Waals surface area contributed by atoms with Gasteiger partial charge in [-0.1, -0.05) is 0 Å². The highest BCUT2D eigenvalue weighted by molar-refractivity contribution is 5.65. The first-order valence-corrected chi connectivity index (χ1v) is 3.55. The van der Waals surface area contributed by atoms with Crippen molar-refractivity contribution in [3.05, 3.63) is 24.2 Å². The molecule has 12 heavy (non-hydrogen) atoms. The van der Waals surface area contributed by atoms with Crippen LogP contribution in [-0.4, -0.2) is 17.7 Å². The summed E-state index contributed by atoms with van der Waals surface area (Å²) < 4.78 is 9.46. The van der Waals surface area contributed by atoms with Crippen LogP contribution in [0, 0.1) is 0 Å². The lowest BCUT2D eigenvalue weighted by atomic mass is 10.3. The Bertz CT molecular complexity index is 240. The zero-order valence-electron chi connectivity index (χ0n) is 6.69. The van der Waals surface area contributed by atoms with Crippen LogP contribution in [0.2, 0.25) is 0 Å². The third-order valence-corrected chi connectivity index (χ3v) is 1.32. The predicted octanol–water partition coefficient (Wildman–Crippen LogP) is 0.876. The first-order chi connectivity index (χ1) is 5.70. The summed E-state index contributed by atoms with van der Waals surface area (Å²) in [6.07, 6.45) is 0.579. The Morgan fingerprint density at radius 3 is 3.08 bits per heavy atom. The molecule has 0 bridgehead atoms. The maximum Gasteiger partial charge on any atom is 0.302 e. The molecule has 0 saturated carbocycles. The first kappa shape index (κ1) is 8.80. The normalized spacial score (nSPS) is 12.5. The maximum absolute atomic E-state index is 10.4. The SMILES string of the molecule is CC(=O)OC[C@H](O)c1ccco1. The molecule has 1 atom stereocenters. The molecule has 1 aromatic heterocycles. The van der Waals surface area contributed by atoms with E-state index >= 15 is 0 Å². The van der Waals surface area contributed by atoms with Crippen molar-refractivity contribution < 1.29 is 19.1 Å². The number of hydrogen-bond donors (Lipinski definition) is 1. The molecule has 0 aromatic carbocycles. The molecule has 0 saturated heterocycles. The molecule has 66 valence electrons. The zero-order chi connectivity index (χ0) is 8.97. The molecule has 4 nitrogen and oxygen atoms in total. The van der Waals surface area contributed by atoms with Crippen LogP contribution in [0.15, 0.2) is 22.8 Å². The third kappa shape index (κ3) is 2.39. The molecular formula is C8H10O4. The van der Waals surface area contributed by atoms with E-state index in [0.717, 1.165) is 0 Å². The summed E-state index contributed by atoms with van der Waals surface area (Å²) in [5.41, 5.74) is 0. The quantitative estimate of drug-likeness (QED) is 0.684. The zero-order valence-corrected chi connectivity index (χ0v) is 6.69. The number of carbonyl (C=O) groups excluding carboxylic acids is 1. The molecule has 0 aliphatic heterocycles. The van der Waals surface area contributed by atoms with Gasteiger partial charge in [0.15, 0.2) is 0 Å². The Morgan fingerprint density at radius 2 is 2.58 bits per heavy atom. The van der Waals surface area contributed by atoms with Gasteiger partial charge in [0, 0.05) is 6.92 Å². The average Bonchev–Trinajstić information content (AvgIpc) is 2.51. The summed E-state index contributed by atoms with van der Waals surface area (Å²) in [7, 11) is 0. The summed E-state index contributed by atoms with van der Waals surface area (Å²) in [6, 6.07) is 3.28. The summed E-state index contributed by atoms with van der Waals surface area (Å²) >= 11 is 0. The number of furan rings is 1. The van der Waals surface area contributed by atoms with Gasteiger partial charge in [-0.3, -0.25) is 4.79 Å². The molecule has 1 rings (SSSR count). The lowest BCUT2D eigenvalue weighted by Crippen LogP contribution is -2.09. The third-order valence-electron chi connectivity index (χ3n) is 1.32. The number of esters is 1. The Labute approximate surface area is 69.8 Å². The fraction of sp³-hybridized carbons (Fsp3) is 0.375. The molecule has 1 aromatic rings. The minimum Gasteiger partial charge on any atom is -0.466 e. The number of aliphatic hydroxyl groups excluding tert-OH is 1. The summed E-state index contributed by atoms with van der Waals surface area (Å²) in [5.74, 6) is -0.0168. The standard InChI is InChI=1S/C8H10O4/c1-6(9)12-5-7(10)8-3-2-4-11-8/h2-4,7,10H,5H2,1H3/t7-/m0/s1. The lowest BCUT2D eigenvalue weighted by Gasteiger charge is -2.06. The van der Waals surface area contributed by atoms with Crippen molar-refractivity contribution in [2.45, 2.75) is 13.0 Å². The minimum absolute atomic E-state index is 0.0666. The second-order valence-electron chi connectivity index (χ2n) is 2.33. The van der Waals surface area contributed by atoms with Crippen LogP contribution in [0.3, 0.4) is 0 Å². The number of carbonyl (C=O) groups is 1. The van der Waals surface area contributed by atoms with Crippen molar-refractivity contribution in [3.8, 4) is 0 Å². The van der Waals surface area contributed by atoms with Crippen LogP contribution in [0.4, 0.5) is 0 Å². The van der Waals surface area contributed by atoms with E-state index in [9.17, 15) is 9.90 Å². The van der Waals surface area contributed by atoms with E-state index in [2.05, 4.69) is 4.74 Å². The molecule has 0 fully saturated rings. The molecule has 1 N–H and O–H groups in total. The molecule has 0 unspecified atom stereocenters. The van der Waals surface area contributed by atoms with Crippen LogP contribution in [-0.2, 0) is 9.53 Å². The van der Waals surface area contributed by atoms with E-state index in [1.54, 1.807) is 12.1 Å². The molecule has 0 amide bonds. The summed E-state index contributed by atoms with van der Waals surface area (Å²) in [4.78, 5) is 10.4. The Morgan fingerprint density at radius 1 is 1.83 bits per heavy atom. The van der Waals surface area contributed by atoms with Crippen molar-refractivity contribution in [2.75, 3.05) is 6.61 Å². The summed E-state index contributed by atoms with van der Waals surface area (Å²) in [5, 5.41) is 9.29. The molecule has 1 heterocycles.